The van der Waals surface area contributed by atoms with E-state index in [9.17, 15) is 4.79 Å². The zero-order valence-electron chi connectivity index (χ0n) is 12.2. The summed E-state index contributed by atoms with van der Waals surface area (Å²) in [6, 6.07) is 8.51. The third-order valence-corrected chi connectivity index (χ3v) is 4.90. The van der Waals surface area contributed by atoms with Gasteiger partial charge in [0.25, 0.3) is 0 Å². The number of carbonyl (C=O) groups excluding carboxylic acids is 1. The van der Waals surface area contributed by atoms with Crippen LogP contribution in [0.1, 0.15) is 30.4 Å². The van der Waals surface area contributed by atoms with Gasteiger partial charge in [0, 0.05) is 12.5 Å². The molecule has 3 nitrogen and oxygen atoms in total. The smallest absolute Gasteiger partial charge is 0.223 e. The number of hydrogen-bond acceptors (Lipinski definition) is 2. The van der Waals surface area contributed by atoms with Crippen molar-refractivity contribution in [3.8, 4) is 0 Å². The molecule has 1 aromatic carbocycles. The first kappa shape index (κ1) is 13.6. The molecule has 1 aliphatic carbocycles. The van der Waals surface area contributed by atoms with E-state index in [1.54, 1.807) is 0 Å². The molecule has 1 unspecified atom stereocenters. The molecule has 1 saturated carbocycles. The summed E-state index contributed by atoms with van der Waals surface area (Å²) >= 11 is 0. The van der Waals surface area contributed by atoms with Crippen molar-refractivity contribution >= 4 is 5.91 Å². The monoisotopic (exact) mass is 272 g/mol. The molecule has 1 heterocycles. The molecule has 1 aliphatic heterocycles. The van der Waals surface area contributed by atoms with Crippen molar-refractivity contribution in [2.24, 2.45) is 11.3 Å². The molecule has 3 heteroatoms. The molecule has 0 bridgehead atoms. The van der Waals surface area contributed by atoms with Gasteiger partial charge in [-0.05, 0) is 56.7 Å². The third-order valence-electron chi connectivity index (χ3n) is 4.90. The minimum atomic E-state index is 0.277. The Morgan fingerprint density at radius 1 is 1.40 bits per heavy atom. The molecule has 1 saturated heterocycles. The predicted molar refractivity (Wildman–Crippen MR) is 80.5 cm³/mol. The Bertz CT molecular complexity index is 492. The summed E-state index contributed by atoms with van der Waals surface area (Å²) in [7, 11) is 0. The maximum absolute atomic E-state index is 12.2. The van der Waals surface area contributed by atoms with E-state index in [0.717, 1.165) is 32.5 Å². The van der Waals surface area contributed by atoms with Crippen LogP contribution in [0, 0.1) is 18.3 Å². The van der Waals surface area contributed by atoms with Gasteiger partial charge in [-0.25, -0.2) is 0 Å². The van der Waals surface area contributed by atoms with Gasteiger partial charge in [-0.2, -0.15) is 0 Å². The Kier molecular flexibility index (Phi) is 3.79. The van der Waals surface area contributed by atoms with Crippen LogP contribution in [0.2, 0.25) is 0 Å². The lowest BCUT2D eigenvalue weighted by Gasteiger charge is -2.23. The number of rotatable bonds is 4. The summed E-state index contributed by atoms with van der Waals surface area (Å²) in [4.78, 5) is 12.2. The second-order valence-corrected chi connectivity index (χ2v) is 6.40. The largest absolute Gasteiger partial charge is 0.356 e. The van der Waals surface area contributed by atoms with Crippen LogP contribution >= 0.6 is 0 Å². The average Bonchev–Trinajstić information content (AvgIpc) is 3.13. The minimum absolute atomic E-state index is 0.277. The average molecular weight is 272 g/mol. The zero-order valence-corrected chi connectivity index (χ0v) is 12.2. The summed E-state index contributed by atoms with van der Waals surface area (Å²) in [5.41, 5.74) is 2.93. The van der Waals surface area contributed by atoms with Gasteiger partial charge in [0.2, 0.25) is 5.91 Å². The van der Waals surface area contributed by atoms with E-state index in [2.05, 4.69) is 41.8 Å². The number of amides is 1. The predicted octanol–water partition coefficient (Wildman–Crippen LogP) is 2.04. The fourth-order valence-electron chi connectivity index (χ4n) is 3.52. The SMILES string of the molecule is Cc1cccc(CCNC(=O)C2CC23CCNCC3)c1. The molecule has 1 atom stereocenters. The van der Waals surface area contributed by atoms with Gasteiger partial charge in [0.15, 0.2) is 0 Å². The topological polar surface area (TPSA) is 41.1 Å². The van der Waals surface area contributed by atoms with E-state index in [4.69, 9.17) is 0 Å². The van der Waals surface area contributed by atoms with E-state index >= 15 is 0 Å². The van der Waals surface area contributed by atoms with Crippen molar-refractivity contribution < 1.29 is 4.79 Å². The highest BCUT2D eigenvalue weighted by Gasteiger charge is 2.57. The Morgan fingerprint density at radius 2 is 2.20 bits per heavy atom. The van der Waals surface area contributed by atoms with Crippen LogP contribution < -0.4 is 10.6 Å². The standard InChI is InChI=1S/C17H24N2O/c1-13-3-2-4-14(11-13)5-8-19-16(20)15-12-17(15)6-9-18-10-7-17/h2-4,11,15,18H,5-10,12H2,1H3,(H,19,20). The number of aryl methyl sites for hydroxylation is 1. The van der Waals surface area contributed by atoms with Crippen molar-refractivity contribution in [1.29, 1.82) is 0 Å². The molecule has 20 heavy (non-hydrogen) atoms. The van der Waals surface area contributed by atoms with E-state index < -0.39 is 0 Å². The molecular formula is C17H24N2O. The molecule has 0 radical (unpaired) electrons. The molecule has 2 N–H and O–H groups in total. The van der Waals surface area contributed by atoms with Crippen LogP contribution in [-0.2, 0) is 11.2 Å². The van der Waals surface area contributed by atoms with Crippen molar-refractivity contribution in [3.05, 3.63) is 35.4 Å². The Morgan fingerprint density at radius 3 is 2.95 bits per heavy atom. The Hall–Kier alpha value is -1.35. The molecule has 1 spiro atoms. The van der Waals surface area contributed by atoms with Crippen LogP contribution in [0.3, 0.4) is 0 Å². The molecule has 2 aliphatic rings. The molecular weight excluding hydrogens is 248 g/mol. The highest BCUT2D eigenvalue weighted by molar-refractivity contribution is 5.82. The molecule has 0 aromatic heterocycles. The normalized spacial score (nSPS) is 23.6. The van der Waals surface area contributed by atoms with Gasteiger partial charge >= 0.3 is 0 Å². The van der Waals surface area contributed by atoms with Gasteiger partial charge in [-0.3, -0.25) is 4.79 Å². The summed E-state index contributed by atoms with van der Waals surface area (Å²) in [6.45, 7) is 5.01. The number of piperidine rings is 1. The van der Waals surface area contributed by atoms with E-state index in [1.807, 2.05) is 0 Å². The summed E-state index contributed by atoms with van der Waals surface area (Å²) < 4.78 is 0. The first-order valence-electron chi connectivity index (χ1n) is 7.74. The van der Waals surface area contributed by atoms with Crippen molar-refractivity contribution in [3.63, 3.8) is 0 Å². The van der Waals surface area contributed by atoms with Crippen molar-refractivity contribution in [2.75, 3.05) is 19.6 Å². The number of benzene rings is 1. The van der Waals surface area contributed by atoms with Crippen molar-refractivity contribution in [1.82, 2.24) is 10.6 Å². The summed E-state index contributed by atoms with van der Waals surface area (Å²) in [5, 5.41) is 6.50. The van der Waals surface area contributed by atoms with Gasteiger partial charge < -0.3 is 10.6 Å². The maximum Gasteiger partial charge on any atom is 0.223 e. The lowest BCUT2D eigenvalue weighted by molar-refractivity contribution is -0.123. The van der Waals surface area contributed by atoms with Gasteiger partial charge in [0.1, 0.15) is 0 Å². The first-order valence-corrected chi connectivity index (χ1v) is 7.74. The zero-order chi connectivity index (χ0) is 14.0. The molecule has 1 aromatic rings. The van der Waals surface area contributed by atoms with E-state index in [1.165, 1.54) is 24.0 Å². The second kappa shape index (κ2) is 5.57. The molecule has 1 amide bonds. The lowest BCUT2D eigenvalue weighted by Crippen LogP contribution is -2.34. The van der Waals surface area contributed by atoms with Crippen molar-refractivity contribution in [2.45, 2.75) is 32.6 Å². The number of carbonyl (C=O) groups is 1. The Labute approximate surface area is 121 Å². The van der Waals surface area contributed by atoms with Crippen LogP contribution in [0.25, 0.3) is 0 Å². The van der Waals surface area contributed by atoms with Gasteiger partial charge in [-0.1, -0.05) is 29.8 Å². The number of hydrogen-bond donors (Lipinski definition) is 2. The van der Waals surface area contributed by atoms with E-state index in [0.29, 0.717) is 5.41 Å². The number of nitrogens with one attached hydrogen (secondary N) is 2. The summed E-state index contributed by atoms with van der Waals surface area (Å²) in [5.74, 6) is 0.557. The molecule has 2 fully saturated rings. The lowest BCUT2D eigenvalue weighted by atomic mass is 9.92. The minimum Gasteiger partial charge on any atom is -0.356 e. The third kappa shape index (κ3) is 2.88. The molecule has 3 rings (SSSR count). The fraction of sp³-hybridized carbons (Fsp3) is 0.588. The second-order valence-electron chi connectivity index (χ2n) is 6.40. The Balaban J connectivity index is 1.44. The van der Waals surface area contributed by atoms with Crippen LogP contribution in [0.5, 0.6) is 0 Å². The highest BCUT2D eigenvalue weighted by Crippen LogP contribution is 2.58. The van der Waals surface area contributed by atoms with Gasteiger partial charge in [0.05, 0.1) is 0 Å². The van der Waals surface area contributed by atoms with Crippen LogP contribution in [-0.4, -0.2) is 25.5 Å². The fourth-order valence-corrected chi connectivity index (χ4v) is 3.52. The molecule has 108 valence electrons. The van der Waals surface area contributed by atoms with Crippen LogP contribution in [0.15, 0.2) is 24.3 Å². The maximum atomic E-state index is 12.2. The van der Waals surface area contributed by atoms with Crippen LogP contribution in [0.4, 0.5) is 0 Å². The summed E-state index contributed by atoms with van der Waals surface area (Å²) in [6.07, 6.45) is 4.37. The highest BCUT2D eigenvalue weighted by atomic mass is 16.2. The van der Waals surface area contributed by atoms with E-state index in [-0.39, 0.29) is 11.8 Å². The first-order chi connectivity index (χ1) is 9.70. The quantitative estimate of drug-likeness (QED) is 0.880. The van der Waals surface area contributed by atoms with Gasteiger partial charge in [-0.15, -0.1) is 0 Å².